The fourth-order valence-corrected chi connectivity index (χ4v) is 2.93. The predicted octanol–water partition coefficient (Wildman–Crippen LogP) is 3.45. The highest BCUT2D eigenvalue weighted by Crippen LogP contribution is 2.30. The van der Waals surface area contributed by atoms with Crippen molar-refractivity contribution in [2.24, 2.45) is 0 Å². The second-order valence-electron chi connectivity index (χ2n) is 5.37. The summed E-state index contributed by atoms with van der Waals surface area (Å²) in [6.07, 6.45) is 0.453. The minimum Gasteiger partial charge on any atom is -0.326 e. The highest BCUT2D eigenvalue weighted by molar-refractivity contribution is 6.31. The molecular formula is C17H17ClN2O. The van der Waals surface area contributed by atoms with E-state index >= 15 is 0 Å². The number of halogens is 1. The quantitative estimate of drug-likeness (QED) is 0.911. The highest BCUT2D eigenvalue weighted by Gasteiger charge is 2.20. The maximum atomic E-state index is 11.5. The van der Waals surface area contributed by atoms with Crippen molar-refractivity contribution >= 4 is 23.2 Å². The number of hydrogen-bond acceptors (Lipinski definition) is 2. The van der Waals surface area contributed by atoms with Gasteiger partial charge in [0.15, 0.2) is 0 Å². The Hall–Kier alpha value is -1.84. The zero-order chi connectivity index (χ0) is 15.0. The molecule has 0 radical (unpaired) electrons. The lowest BCUT2D eigenvalue weighted by Gasteiger charge is -2.19. The second-order valence-corrected chi connectivity index (χ2v) is 5.78. The van der Waals surface area contributed by atoms with Crippen LogP contribution in [0.3, 0.4) is 0 Å². The number of fused-ring (bicyclic) bond motifs is 1. The summed E-state index contributed by atoms with van der Waals surface area (Å²) in [6.45, 7) is 1.99. The van der Waals surface area contributed by atoms with Crippen LogP contribution in [-0.2, 0) is 11.2 Å². The Balaban J connectivity index is 1.98. The summed E-state index contributed by atoms with van der Waals surface area (Å²) in [5.74, 6) is 0.0570. The Kier molecular flexibility index (Phi) is 3.70. The van der Waals surface area contributed by atoms with Gasteiger partial charge in [-0.3, -0.25) is 4.79 Å². The van der Waals surface area contributed by atoms with Crippen LogP contribution in [0.4, 0.5) is 5.69 Å². The molecule has 0 spiro atoms. The summed E-state index contributed by atoms with van der Waals surface area (Å²) < 4.78 is 0. The molecule has 1 unspecified atom stereocenters. The number of hydrogen-bond donors (Lipinski definition) is 2. The third-order valence-electron chi connectivity index (χ3n) is 3.91. The molecule has 0 aromatic heterocycles. The van der Waals surface area contributed by atoms with Crippen LogP contribution in [0.5, 0.6) is 0 Å². The SMILES string of the molecule is CNC(c1ccc(C)c(Cl)c1)c1ccc2c(c1)CC(=O)N2. The van der Waals surface area contributed by atoms with Gasteiger partial charge in [-0.25, -0.2) is 0 Å². The van der Waals surface area contributed by atoms with Crippen molar-refractivity contribution in [2.45, 2.75) is 19.4 Å². The molecule has 1 aliphatic heterocycles. The standard InChI is InChI=1S/C17H17ClN2O/c1-10-3-4-12(8-14(10)18)17(19-2)11-5-6-15-13(7-11)9-16(21)20-15/h3-8,17,19H,9H2,1-2H3,(H,20,21). The van der Waals surface area contributed by atoms with E-state index in [0.717, 1.165) is 33.0 Å². The van der Waals surface area contributed by atoms with Gasteiger partial charge in [0.25, 0.3) is 0 Å². The Labute approximate surface area is 129 Å². The fourth-order valence-electron chi connectivity index (χ4n) is 2.74. The molecule has 108 valence electrons. The zero-order valence-electron chi connectivity index (χ0n) is 12.0. The van der Waals surface area contributed by atoms with Gasteiger partial charge in [0.2, 0.25) is 5.91 Å². The Morgan fingerprint density at radius 2 is 1.90 bits per heavy atom. The molecule has 4 heteroatoms. The van der Waals surface area contributed by atoms with Crippen molar-refractivity contribution in [1.82, 2.24) is 5.32 Å². The van der Waals surface area contributed by atoms with Gasteiger partial charge >= 0.3 is 0 Å². The van der Waals surface area contributed by atoms with Gasteiger partial charge in [-0.15, -0.1) is 0 Å². The van der Waals surface area contributed by atoms with E-state index in [1.165, 1.54) is 0 Å². The van der Waals surface area contributed by atoms with Gasteiger partial charge < -0.3 is 10.6 Å². The lowest BCUT2D eigenvalue weighted by atomic mass is 9.96. The minimum atomic E-state index is 0.0570. The highest BCUT2D eigenvalue weighted by atomic mass is 35.5. The minimum absolute atomic E-state index is 0.0570. The van der Waals surface area contributed by atoms with Crippen molar-refractivity contribution in [3.05, 3.63) is 63.7 Å². The van der Waals surface area contributed by atoms with E-state index in [0.29, 0.717) is 6.42 Å². The van der Waals surface area contributed by atoms with Crippen molar-refractivity contribution in [2.75, 3.05) is 12.4 Å². The maximum absolute atomic E-state index is 11.5. The zero-order valence-corrected chi connectivity index (χ0v) is 12.8. The lowest BCUT2D eigenvalue weighted by Crippen LogP contribution is -2.17. The molecule has 1 heterocycles. The van der Waals surface area contributed by atoms with E-state index in [1.807, 2.05) is 38.2 Å². The van der Waals surface area contributed by atoms with Crippen LogP contribution in [-0.4, -0.2) is 13.0 Å². The molecule has 0 bridgehead atoms. The summed E-state index contributed by atoms with van der Waals surface area (Å²) in [5.41, 5.74) is 5.29. The van der Waals surface area contributed by atoms with Crippen LogP contribution < -0.4 is 10.6 Å². The summed E-state index contributed by atoms with van der Waals surface area (Å²) in [7, 11) is 1.93. The van der Waals surface area contributed by atoms with Crippen molar-refractivity contribution in [1.29, 1.82) is 0 Å². The first kappa shape index (κ1) is 14.1. The number of carbonyl (C=O) groups is 1. The van der Waals surface area contributed by atoms with Crippen LogP contribution >= 0.6 is 11.6 Å². The normalized spacial score (nSPS) is 14.7. The molecule has 2 aromatic rings. The maximum Gasteiger partial charge on any atom is 0.228 e. The summed E-state index contributed by atoms with van der Waals surface area (Å²) >= 11 is 6.23. The summed E-state index contributed by atoms with van der Waals surface area (Å²) in [4.78, 5) is 11.5. The topological polar surface area (TPSA) is 41.1 Å². The average Bonchev–Trinajstić information content (AvgIpc) is 2.83. The smallest absolute Gasteiger partial charge is 0.228 e. The van der Waals surface area contributed by atoms with Gasteiger partial charge in [-0.1, -0.05) is 35.9 Å². The molecule has 3 rings (SSSR count). The van der Waals surface area contributed by atoms with Gasteiger partial charge in [0, 0.05) is 10.7 Å². The number of carbonyl (C=O) groups excluding carboxylic acids is 1. The number of anilines is 1. The van der Waals surface area contributed by atoms with E-state index in [-0.39, 0.29) is 11.9 Å². The Morgan fingerprint density at radius 1 is 1.19 bits per heavy atom. The van der Waals surface area contributed by atoms with E-state index in [9.17, 15) is 4.79 Å². The third-order valence-corrected chi connectivity index (χ3v) is 4.31. The van der Waals surface area contributed by atoms with E-state index in [2.05, 4.69) is 22.8 Å². The van der Waals surface area contributed by atoms with Crippen molar-refractivity contribution < 1.29 is 4.79 Å². The number of amides is 1. The monoisotopic (exact) mass is 300 g/mol. The fraction of sp³-hybridized carbons (Fsp3) is 0.235. The summed E-state index contributed by atoms with van der Waals surface area (Å²) in [5, 5.41) is 6.95. The van der Waals surface area contributed by atoms with Gasteiger partial charge in [0.1, 0.15) is 0 Å². The molecule has 1 amide bonds. The predicted molar refractivity (Wildman–Crippen MR) is 85.9 cm³/mol. The van der Waals surface area contributed by atoms with Crippen LogP contribution in [0.2, 0.25) is 5.02 Å². The van der Waals surface area contributed by atoms with Crippen molar-refractivity contribution in [3.63, 3.8) is 0 Å². The number of benzene rings is 2. The molecule has 1 aliphatic rings. The largest absolute Gasteiger partial charge is 0.326 e. The third kappa shape index (κ3) is 2.67. The molecule has 0 aliphatic carbocycles. The summed E-state index contributed by atoms with van der Waals surface area (Å²) in [6, 6.07) is 12.3. The van der Waals surface area contributed by atoms with Crippen LogP contribution in [0, 0.1) is 6.92 Å². The van der Waals surface area contributed by atoms with Crippen LogP contribution in [0.1, 0.15) is 28.3 Å². The average molecular weight is 301 g/mol. The second kappa shape index (κ2) is 5.51. The Bertz CT molecular complexity index is 712. The van der Waals surface area contributed by atoms with Gasteiger partial charge in [0.05, 0.1) is 12.5 Å². The molecular weight excluding hydrogens is 284 g/mol. The molecule has 0 fully saturated rings. The van der Waals surface area contributed by atoms with Gasteiger partial charge in [-0.05, 0) is 48.4 Å². The molecule has 2 aromatic carbocycles. The molecule has 1 atom stereocenters. The molecule has 0 saturated carbocycles. The number of nitrogens with one attached hydrogen (secondary N) is 2. The van der Waals surface area contributed by atoms with E-state index < -0.39 is 0 Å². The number of rotatable bonds is 3. The van der Waals surface area contributed by atoms with E-state index in [4.69, 9.17) is 11.6 Å². The first-order valence-corrected chi connectivity index (χ1v) is 7.32. The first-order valence-electron chi connectivity index (χ1n) is 6.94. The van der Waals surface area contributed by atoms with Gasteiger partial charge in [-0.2, -0.15) is 0 Å². The van der Waals surface area contributed by atoms with Crippen LogP contribution in [0.15, 0.2) is 36.4 Å². The lowest BCUT2D eigenvalue weighted by molar-refractivity contribution is -0.115. The molecule has 21 heavy (non-hydrogen) atoms. The number of aryl methyl sites for hydroxylation is 1. The van der Waals surface area contributed by atoms with Crippen LogP contribution in [0.25, 0.3) is 0 Å². The first-order chi connectivity index (χ1) is 10.1. The molecule has 0 saturated heterocycles. The van der Waals surface area contributed by atoms with E-state index in [1.54, 1.807) is 0 Å². The molecule has 2 N–H and O–H groups in total. The molecule has 3 nitrogen and oxygen atoms in total. The Morgan fingerprint density at radius 3 is 2.62 bits per heavy atom. The van der Waals surface area contributed by atoms with Crippen molar-refractivity contribution in [3.8, 4) is 0 Å².